The maximum absolute atomic E-state index is 12.5. The highest BCUT2D eigenvalue weighted by atomic mass is 16.7. The Bertz CT molecular complexity index is 834. The SMILES string of the molecule is COC(=O)c1c(O)c2c(c3c1O[C@@]1(C)OCC[C@H]1C3)OC1(C)OCCC1C2. The molecule has 1 aromatic rings. The molecular weight excluding hydrogens is 352 g/mol. The van der Waals surface area contributed by atoms with Gasteiger partial charge in [0.05, 0.1) is 20.3 Å². The van der Waals surface area contributed by atoms with Crippen molar-refractivity contribution >= 4 is 5.97 Å². The molecule has 4 aliphatic rings. The monoisotopic (exact) mass is 376 g/mol. The second-order valence-corrected chi connectivity index (χ2v) is 8.14. The molecule has 27 heavy (non-hydrogen) atoms. The van der Waals surface area contributed by atoms with Crippen LogP contribution in [0, 0.1) is 11.8 Å². The Morgan fingerprint density at radius 3 is 2.15 bits per heavy atom. The fourth-order valence-electron chi connectivity index (χ4n) is 4.97. The summed E-state index contributed by atoms with van der Waals surface area (Å²) in [6.07, 6.45) is 2.97. The van der Waals surface area contributed by atoms with Crippen LogP contribution in [0.1, 0.15) is 48.2 Å². The Labute approximate surface area is 157 Å². The number of phenolic OH excluding ortho intramolecular Hbond substituents is 1. The lowest BCUT2D eigenvalue weighted by Crippen LogP contribution is -2.46. The van der Waals surface area contributed by atoms with Crippen molar-refractivity contribution in [1.82, 2.24) is 0 Å². The van der Waals surface area contributed by atoms with Crippen LogP contribution in [0.3, 0.4) is 0 Å². The summed E-state index contributed by atoms with van der Waals surface area (Å²) in [5.74, 6) is -1.10. The molecule has 0 saturated carbocycles. The number of carbonyl (C=O) groups excluding carboxylic acids is 1. The van der Waals surface area contributed by atoms with Gasteiger partial charge in [-0.3, -0.25) is 0 Å². The molecule has 0 amide bonds. The minimum atomic E-state index is -0.818. The van der Waals surface area contributed by atoms with E-state index in [-0.39, 0.29) is 23.1 Å². The number of fused-ring (bicyclic) bond motifs is 5. The Balaban J connectivity index is 1.73. The lowest BCUT2D eigenvalue weighted by molar-refractivity contribution is -0.173. The number of benzene rings is 1. The standard InChI is InChI=1S/C20H24O7/c1-19-10(4-6-24-19)8-12-15(21)14(18(22)23-3)17-13(16(12)26-19)9-11-5-7-25-20(11,2)27-17/h10-11,21H,4-9H2,1-3H3/t10?,11-,19?,20+/m0/s1. The Morgan fingerprint density at radius 2 is 1.56 bits per heavy atom. The molecule has 146 valence electrons. The van der Waals surface area contributed by atoms with Crippen LogP contribution in [0.15, 0.2) is 0 Å². The van der Waals surface area contributed by atoms with Gasteiger partial charge in [0.2, 0.25) is 11.6 Å². The molecule has 1 N–H and O–H groups in total. The van der Waals surface area contributed by atoms with Crippen LogP contribution in [-0.2, 0) is 27.1 Å². The van der Waals surface area contributed by atoms with Crippen molar-refractivity contribution in [1.29, 1.82) is 0 Å². The molecule has 2 saturated heterocycles. The Kier molecular flexibility index (Phi) is 3.50. The second-order valence-electron chi connectivity index (χ2n) is 8.14. The van der Waals surface area contributed by atoms with E-state index in [0.717, 1.165) is 18.4 Å². The van der Waals surface area contributed by atoms with E-state index in [1.165, 1.54) is 7.11 Å². The summed E-state index contributed by atoms with van der Waals surface area (Å²) in [6, 6.07) is 0. The Morgan fingerprint density at radius 1 is 1.00 bits per heavy atom. The van der Waals surface area contributed by atoms with Gasteiger partial charge in [-0.25, -0.2) is 4.79 Å². The van der Waals surface area contributed by atoms with Gasteiger partial charge in [0.25, 0.3) is 0 Å². The Hall–Kier alpha value is -1.99. The summed E-state index contributed by atoms with van der Waals surface area (Å²) in [5.41, 5.74) is 1.51. The molecule has 0 aromatic heterocycles. The molecule has 2 fully saturated rings. The van der Waals surface area contributed by atoms with Crippen LogP contribution >= 0.6 is 0 Å². The van der Waals surface area contributed by atoms with Crippen molar-refractivity contribution < 1.29 is 33.6 Å². The van der Waals surface area contributed by atoms with Crippen LogP contribution in [0.2, 0.25) is 0 Å². The van der Waals surface area contributed by atoms with Crippen molar-refractivity contribution in [3.63, 3.8) is 0 Å². The normalized spacial score (nSPS) is 36.0. The molecule has 7 nitrogen and oxygen atoms in total. The largest absolute Gasteiger partial charge is 0.506 e. The highest BCUT2D eigenvalue weighted by molar-refractivity contribution is 5.97. The molecule has 0 spiro atoms. The molecule has 4 heterocycles. The molecule has 5 rings (SSSR count). The third-order valence-electron chi connectivity index (χ3n) is 6.67. The zero-order chi connectivity index (χ0) is 19.0. The molecule has 0 radical (unpaired) electrons. The number of rotatable bonds is 1. The molecule has 2 unspecified atom stereocenters. The predicted octanol–water partition coefficient (Wildman–Crippen LogP) is 2.55. The van der Waals surface area contributed by atoms with E-state index in [0.29, 0.717) is 43.1 Å². The number of ether oxygens (including phenoxy) is 5. The first-order valence-electron chi connectivity index (χ1n) is 9.51. The minimum absolute atomic E-state index is 0.0625. The van der Waals surface area contributed by atoms with E-state index in [1.807, 2.05) is 13.8 Å². The van der Waals surface area contributed by atoms with E-state index in [1.54, 1.807) is 0 Å². The molecule has 1 aromatic carbocycles. The van der Waals surface area contributed by atoms with Crippen molar-refractivity contribution in [2.75, 3.05) is 20.3 Å². The topological polar surface area (TPSA) is 83.5 Å². The van der Waals surface area contributed by atoms with Crippen LogP contribution in [0.25, 0.3) is 0 Å². The molecule has 0 bridgehead atoms. The van der Waals surface area contributed by atoms with Crippen molar-refractivity contribution in [3.8, 4) is 17.2 Å². The summed E-state index contributed by atoms with van der Waals surface area (Å²) in [6.45, 7) is 5.04. The van der Waals surface area contributed by atoms with E-state index in [2.05, 4.69) is 0 Å². The first kappa shape index (κ1) is 17.1. The van der Waals surface area contributed by atoms with Gasteiger partial charge in [0.15, 0.2) is 0 Å². The average Bonchev–Trinajstić information content (AvgIpc) is 3.19. The average molecular weight is 376 g/mol. The highest BCUT2D eigenvalue weighted by Crippen LogP contribution is 2.56. The van der Waals surface area contributed by atoms with Crippen LogP contribution < -0.4 is 9.47 Å². The highest BCUT2D eigenvalue weighted by Gasteiger charge is 2.53. The van der Waals surface area contributed by atoms with Gasteiger partial charge < -0.3 is 28.8 Å². The lowest BCUT2D eigenvalue weighted by atomic mass is 9.81. The van der Waals surface area contributed by atoms with Crippen LogP contribution in [-0.4, -0.2) is 43.0 Å². The molecule has 0 aliphatic carbocycles. The number of phenols is 1. The predicted molar refractivity (Wildman–Crippen MR) is 93.0 cm³/mol. The number of methoxy groups -OCH3 is 1. The third-order valence-corrected chi connectivity index (χ3v) is 6.67. The summed E-state index contributed by atoms with van der Waals surface area (Å²) in [5, 5.41) is 11.0. The summed E-state index contributed by atoms with van der Waals surface area (Å²) >= 11 is 0. The number of aromatic hydroxyl groups is 1. The van der Waals surface area contributed by atoms with Gasteiger partial charge >= 0.3 is 5.97 Å². The molecule has 4 atom stereocenters. The summed E-state index contributed by atoms with van der Waals surface area (Å²) in [7, 11) is 1.30. The van der Waals surface area contributed by atoms with Gasteiger partial charge in [-0.15, -0.1) is 0 Å². The van der Waals surface area contributed by atoms with E-state index >= 15 is 0 Å². The summed E-state index contributed by atoms with van der Waals surface area (Å²) < 4.78 is 29.1. The van der Waals surface area contributed by atoms with Gasteiger partial charge in [-0.2, -0.15) is 0 Å². The van der Waals surface area contributed by atoms with Crippen molar-refractivity contribution in [3.05, 3.63) is 16.7 Å². The number of esters is 1. The second kappa shape index (κ2) is 5.52. The number of hydrogen-bond acceptors (Lipinski definition) is 7. The van der Waals surface area contributed by atoms with Crippen LogP contribution in [0.4, 0.5) is 0 Å². The van der Waals surface area contributed by atoms with Crippen molar-refractivity contribution in [2.45, 2.75) is 51.1 Å². The first-order valence-corrected chi connectivity index (χ1v) is 9.51. The zero-order valence-corrected chi connectivity index (χ0v) is 15.8. The van der Waals surface area contributed by atoms with E-state index in [9.17, 15) is 9.90 Å². The van der Waals surface area contributed by atoms with E-state index in [4.69, 9.17) is 23.7 Å². The van der Waals surface area contributed by atoms with Crippen molar-refractivity contribution in [2.24, 2.45) is 11.8 Å². The number of hydrogen-bond donors (Lipinski definition) is 1. The first-order chi connectivity index (χ1) is 12.9. The van der Waals surface area contributed by atoms with E-state index < -0.39 is 17.5 Å². The maximum Gasteiger partial charge on any atom is 0.345 e. The molecule has 4 aliphatic heterocycles. The minimum Gasteiger partial charge on any atom is -0.506 e. The molecule has 7 heteroatoms. The lowest BCUT2D eigenvalue weighted by Gasteiger charge is -2.42. The van der Waals surface area contributed by atoms with Gasteiger partial charge in [-0.1, -0.05) is 0 Å². The third kappa shape index (κ3) is 2.24. The van der Waals surface area contributed by atoms with Gasteiger partial charge in [-0.05, 0) is 25.7 Å². The fourth-order valence-corrected chi connectivity index (χ4v) is 4.97. The summed E-state index contributed by atoms with van der Waals surface area (Å²) in [4.78, 5) is 12.5. The number of carbonyl (C=O) groups is 1. The quantitative estimate of drug-likeness (QED) is 0.754. The smallest absolute Gasteiger partial charge is 0.345 e. The fraction of sp³-hybridized carbons (Fsp3) is 0.650. The van der Waals surface area contributed by atoms with Gasteiger partial charge in [0, 0.05) is 36.8 Å². The van der Waals surface area contributed by atoms with Crippen LogP contribution in [0.5, 0.6) is 17.2 Å². The zero-order valence-electron chi connectivity index (χ0n) is 15.8. The molecular formula is C20H24O7. The van der Waals surface area contributed by atoms with Gasteiger partial charge in [0.1, 0.15) is 22.8 Å². The maximum atomic E-state index is 12.5.